The molecule has 0 saturated carbocycles. The molecule has 0 aromatic heterocycles. The highest BCUT2D eigenvalue weighted by molar-refractivity contribution is 6.31. The lowest BCUT2D eigenvalue weighted by molar-refractivity contribution is 0.112. The fraction of sp³-hybridized carbons (Fsp3) is 0.500. The summed E-state index contributed by atoms with van der Waals surface area (Å²) in [6.07, 6.45) is 0. The zero-order valence-corrected chi connectivity index (χ0v) is 9.74. The van der Waals surface area contributed by atoms with Gasteiger partial charge in [-0.2, -0.15) is 0 Å². The standard InChI is InChI=1S/C12H17ClN2/c1-15-7-9(8-15)11(6-14)10-4-2-3-5-12(10)13/h2-5,9,11H,6-8,14H2,1H3. The van der Waals surface area contributed by atoms with Gasteiger partial charge >= 0.3 is 0 Å². The van der Waals surface area contributed by atoms with Gasteiger partial charge in [-0.05, 0) is 31.1 Å². The van der Waals surface area contributed by atoms with Gasteiger partial charge < -0.3 is 10.6 Å². The lowest BCUT2D eigenvalue weighted by Crippen LogP contribution is -2.48. The summed E-state index contributed by atoms with van der Waals surface area (Å²) in [5.41, 5.74) is 7.06. The highest BCUT2D eigenvalue weighted by atomic mass is 35.5. The maximum atomic E-state index is 6.19. The molecule has 82 valence electrons. The van der Waals surface area contributed by atoms with Gasteiger partial charge in [0.05, 0.1) is 0 Å². The Bertz CT molecular complexity index is 334. The fourth-order valence-electron chi connectivity index (χ4n) is 2.35. The van der Waals surface area contributed by atoms with Crippen molar-refractivity contribution in [3.63, 3.8) is 0 Å². The topological polar surface area (TPSA) is 29.3 Å². The van der Waals surface area contributed by atoms with E-state index in [2.05, 4.69) is 18.0 Å². The molecule has 3 heteroatoms. The summed E-state index contributed by atoms with van der Waals surface area (Å²) in [4.78, 5) is 2.31. The second kappa shape index (κ2) is 4.52. The third kappa shape index (κ3) is 2.17. The molecule has 0 spiro atoms. The van der Waals surface area contributed by atoms with Crippen LogP contribution in [0.15, 0.2) is 24.3 Å². The van der Waals surface area contributed by atoms with Gasteiger partial charge in [-0.15, -0.1) is 0 Å². The van der Waals surface area contributed by atoms with Crippen LogP contribution >= 0.6 is 11.6 Å². The normalized spacial score (nSPS) is 19.9. The average Bonchev–Trinajstić information content (AvgIpc) is 2.19. The molecule has 0 aliphatic carbocycles. The zero-order chi connectivity index (χ0) is 10.8. The molecule has 1 aromatic carbocycles. The maximum Gasteiger partial charge on any atom is 0.0441 e. The van der Waals surface area contributed by atoms with Crippen molar-refractivity contribution in [2.75, 3.05) is 26.7 Å². The summed E-state index contributed by atoms with van der Waals surface area (Å²) in [6, 6.07) is 8.04. The lowest BCUT2D eigenvalue weighted by Gasteiger charge is -2.41. The molecular weight excluding hydrogens is 208 g/mol. The van der Waals surface area contributed by atoms with Gasteiger partial charge in [-0.1, -0.05) is 29.8 Å². The minimum Gasteiger partial charge on any atom is -0.330 e. The fourth-order valence-corrected chi connectivity index (χ4v) is 2.63. The summed E-state index contributed by atoms with van der Waals surface area (Å²) in [6.45, 7) is 2.95. The zero-order valence-electron chi connectivity index (χ0n) is 8.99. The van der Waals surface area contributed by atoms with Crippen molar-refractivity contribution < 1.29 is 0 Å². The van der Waals surface area contributed by atoms with Crippen LogP contribution in [0.2, 0.25) is 5.02 Å². The Labute approximate surface area is 96.0 Å². The van der Waals surface area contributed by atoms with E-state index in [1.807, 2.05) is 18.2 Å². The molecule has 1 saturated heterocycles. The van der Waals surface area contributed by atoms with E-state index < -0.39 is 0 Å². The molecule has 1 aliphatic heterocycles. The van der Waals surface area contributed by atoms with E-state index in [1.54, 1.807) is 0 Å². The van der Waals surface area contributed by atoms with E-state index in [4.69, 9.17) is 17.3 Å². The number of halogens is 1. The van der Waals surface area contributed by atoms with Crippen LogP contribution in [0, 0.1) is 5.92 Å². The van der Waals surface area contributed by atoms with Gasteiger partial charge in [-0.3, -0.25) is 0 Å². The number of rotatable bonds is 3. The predicted molar refractivity (Wildman–Crippen MR) is 64.2 cm³/mol. The van der Waals surface area contributed by atoms with Crippen LogP contribution in [0.25, 0.3) is 0 Å². The van der Waals surface area contributed by atoms with Gasteiger partial charge in [0, 0.05) is 24.0 Å². The first-order valence-corrected chi connectivity index (χ1v) is 5.73. The van der Waals surface area contributed by atoms with Crippen LogP contribution in [0.1, 0.15) is 11.5 Å². The van der Waals surface area contributed by atoms with Crippen LogP contribution in [0.4, 0.5) is 0 Å². The number of benzene rings is 1. The van der Waals surface area contributed by atoms with E-state index in [1.165, 1.54) is 5.56 Å². The van der Waals surface area contributed by atoms with E-state index in [-0.39, 0.29) is 0 Å². The molecule has 0 amide bonds. The molecule has 1 aliphatic rings. The molecule has 1 unspecified atom stereocenters. The molecule has 1 heterocycles. The van der Waals surface area contributed by atoms with Crippen LogP contribution in [0.5, 0.6) is 0 Å². The molecule has 1 fully saturated rings. The van der Waals surface area contributed by atoms with Gasteiger partial charge in [0.15, 0.2) is 0 Å². The number of hydrogen-bond donors (Lipinski definition) is 1. The minimum absolute atomic E-state index is 0.412. The number of likely N-dealkylation sites (tertiary alicyclic amines) is 1. The van der Waals surface area contributed by atoms with Crippen LogP contribution in [-0.2, 0) is 0 Å². The Morgan fingerprint density at radius 1 is 1.47 bits per heavy atom. The van der Waals surface area contributed by atoms with Crippen molar-refractivity contribution in [1.29, 1.82) is 0 Å². The van der Waals surface area contributed by atoms with Crippen molar-refractivity contribution in [2.24, 2.45) is 11.7 Å². The molecule has 0 radical (unpaired) electrons. The lowest BCUT2D eigenvalue weighted by atomic mass is 9.81. The monoisotopic (exact) mass is 224 g/mol. The summed E-state index contributed by atoms with van der Waals surface area (Å²) in [5.74, 6) is 1.08. The van der Waals surface area contributed by atoms with Crippen molar-refractivity contribution >= 4 is 11.6 Å². The molecule has 2 N–H and O–H groups in total. The van der Waals surface area contributed by atoms with Crippen molar-refractivity contribution in [3.8, 4) is 0 Å². The maximum absolute atomic E-state index is 6.19. The van der Waals surface area contributed by atoms with Crippen LogP contribution in [0.3, 0.4) is 0 Å². The highest BCUT2D eigenvalue weighted by Gasteiger charge is 2.32. The third-order valence-corrected chi connectivity index (χ3v) is 3.56. The quantitative estimate of drug-likeness (QED) is 0.851. The molecule has 1 atom stereocenters. The second-order valence-corrected chi connectivity index (χ2v) is 4.75. The SMILES string of the molecule is CN1CC(C(CN)c2ccccc2Cl)C1. The molecular formula is C12H17ClN2. The largest absolute Gasteiger partial charge is 0.330 e. The van der Waals surface area contributed by atoms with Crippen molar-refractivity contribution in [3.05, 3.63) is 34.9 Å². The Morgan fingerprint density at radius 2 is 2.13 bits per heavy atom. The summed E-state index contributed by atoms with van der Waals surface area (Å²) in [7, 11) is 2.14. The van der Waals surface area contributed by atoms with Gasteiger partial charge in [0.1, 0.15) is 0 Å². The van der Waals surface area contributed by atoms with Gasteiger partial charge in [-0.25, -0.2) is 0 Å². The highest BCUT2D eigenvalue weighted by Crippen LogP contribution is 2.33. The predicted octanol–water partition coefficient (Wildman–Crippen LogP) is 1.94. The summed E-state index contributed by atoms with van der Waals surface area (Å²) in [5, 5.41) is 0.850. The number of nitrogens with two attached hydrogens (primary N) is 1. The summed E-state index contributed by atoms with van der Waals surface area (Å²) >= 11 is 6.19. The molecule has 2 rings (SSSR count). The molecule has 0 bridgehead atoms. The Morgan fingerprint density at radius 3 is 2.67 bits per heavy atom. The van der Waals surface area contributed by atoms with Gasteiger partial charge in [0.25, 0.3) is 0 Å². The minimum atomic E-state index is 0.412. The van der Waals surface area contributed by atoms with E-state index in [9.17, 15) is 0 Å². The van der Waals surface area contributed by atoms with E-state index in [0.29, 0.717) is 18.4 Å². The van der Waals surface area contributed by atoms with E-state index in [0.717, 1.165) is 18.1 Å². The molecule has 2 nitrogen and oxygen atoms in total. The van der Waals surface area contributed by atoms with E-state index >= 15 is 0 Å². The Hall–Kier alpha value is -0.570. The van der Waals surface area contributed by atoms with Crippen molar-refractivity contribution in [2.45, 2.75) is 5.92 Å². The van der Waals surface area contributed by atoms with Crippen LogP contribution < -0.4 is 5.73 Å². The summed E-state index contributed by atoms with van der Waals surface area (Å²) < 4.78 is 0. The third-order valence-electron chi connectivity index (χ3n) is 3.22. The smallest absolute Gasteiger partial charge is 0.0441 e. The second-order valence-electron chi connectivity index (χ2n) is 4.34. The first-order chi connectivity index (χ1) is 7.22. The number of hydrogen-bond acceptors (Lipinski definition) is 2. The number of nitrogens with zero attached hydrogens (tertiary/aromatic N) is 1. The Balaban J connectivity index is 2.16. The Kier molecular flexibility index (Phi) is 3.29. The first-order valence-electron chi connectivity index (χ1n) is 5.35. The molecule has 15 heavy (non-hydrogen) atoms. The molecule has 1 aromatic rings. The van der Waals surface area contributed by atoms with Gasteiger partial charge in [0.2, 0.25) is 0 Å². The van der Waals surface area contributed by atoms with Crippen LogP contribution in [-0.4, -0.2) is 31.6 Å². The average molecular weight is 225 g/mol. The first kappa shape index (κ1) is 10.9. The van der Waals surface area contributed by atoms with Crippen molar-refractivity contribution in [1.82, 2.24) is 4.90 Å².